The minimum absolute atomic E-state index is 0. The maximum Gasteiger partial charge on any atom is 4.00 e. The minimum atomic E-state index is 0. The normalized spacial score (nSPS) is 9.50. The van der Waals surface area contributed by atoms with Gasteiger partial charge in [0.25, 0.3) is 0 Å². The zero-order valence-corrected chi connectivity index (χ0v) is 10.8. The van der Waals surface area contributed by atoms with E-state index in [-0.39, 0.29) is 21.1 Å². The van der Waals surface area contributed by atoms with Crippen LogP contribution in [-0.4, -0.2) is 0 Å². The Kier molecular flexibility index (Phi) is 4.57. The molecule has 0 N–H and O–H groups in total. The largest absolute Gasteiger partial charge is 4.00 e. The molecule has 0 bridgehead atoms. The van der Waals surface area contributed by atoms with E-state index in [1.165, 1.54) is 12.2 Å². The molecule has 2 heterocycles. The summed E-state index contributed by atoms with van der Waals surface area (Å²) in [6.07, 6.45) is 3.68. The molecule has 0 atom stereocenters. The average molecular weight is 389 g/mol. The molecule has 0 radical (unpaired) electrons. The molecule has 0 spiro atoms. The van der Waals surface area contributed by atoms with Gasteiger partial charge in [0.2, 0.25) is 0 Å². The second-order valence-electron chi connectivity index (χ2n) is 3.23. The first kappa shape index (κ1) is 12.8. The summed E-state index contributed by atoms with van der Waals surface area (Å²) >= 11 is 0. The fourth-order valence-corrected chi connectivity index (χ4v) is 1.41. The van der Waals surface area contributed by atoms with E-state index >= 15 is 0 Å². The molecule has 0 unspecified atom stereocenters. The first-order valence-corrected chi connectivity index (χ1v) is 4.67. The topological polar surface area (TPSA) is 28.2 Å². The van der Waals surface area contributed by atoms with Crippen LogP contribution in [0.15, 0.2) is 24.3 Å². The molecule has 2 rings (SSSR count). The second-order valence-corrected chi connectivity index (χ2v) is 3.23. The van der Waals surface area contributed by atoms with E-state index < -0.39 is 0 Å². The fraction of sp³-hybridized carbons (Fsp3) is 0.0769. The van der Waals surface area contributed by atoms with Crippen molar-refractivity contribution in [3.63, 3.8) is 0 Å². The van der Waals surface area contributed by atoms with Crippen molar-refractivity contribution in [2.75, 3.05) is 0 Å². The van der Waals surface area contributed by atoms with Gasteiger partial charge in [-0.1, -0.05) is 0 Å². The summed E-state index contributed by atoms with van der Waals surface area (Å²) in [5, 5.41) is 0. The van der Waals surface area contributed by atoms with E-state index in [4.69, 9.17) is 13.2 Å². The molecule has 0 aliphatic carbocycles. The van der Waals surface area contributed by atoms with Gasteiger partial charge in [0, 0.05) is 0 Å². The molecule has 0 aliphatic heterocycles. The fourth-order valence-electron chi connectivity index (χ4n) is 1.41. The number of aromatic nitrogens is 2. The van der Waals surface area contributed by atoms with Gasteiger partial charge in [0.1, 0.15) is 0 Å². The summed E-state index contributed by atoms with van der Waals surface area (Å²) in [6.45, 7) is 10.7. The van der Waals surface area contributed by atoms with E-state index in [1.54, 1.807) is 0 Å². The summed E-state index contributed by atoms with van der Waals surface area (Å²) in [6, 6.07) is 7.65. The molecule has 16 heavy (non-hydrogen) atoms. The van der Waals surface area contributed by atoms with Gasteiger partial charge in [0.15, 0.2) is 0 Å². The van der Waals surface area contributed by atoms with Crippen LogP contribution in [0.5, 0.6) is 0 Å². The number of hydrogen-bond donors (Lipinski definition) is 0. The summed E-state index contributed by atoms with van der Waals surface area (Å²) in [5.74, 6) is 0. The Hall–Kier alpha value is -1.27. The van der Waals surface area contributed by atoms with Gasteiger partial charge in [-0.3, -0.25) is 25.3 Å². The Morgan fingerprint density at radius 1 is 0.875 bits per heavy atom. The molecule has 3 heteroatoms. The Labute approximate surface area is 110 Å². The van der Waals surface area contributed by atoms with Crippen molar-refractivity contribution in [1.29, 1.82) is 0 Å². The number of rotatable bonds is 4. The Morgan fingerprint density at radius 2 is 1.31 bits per heavy atom. The molecule has 0 fully saturated rings. The quantitative estimate of drug-likeness (QED) is 0.750. The van der Waals surface area contributed by atoms with Crippen molar-refractivity contribution in [3.05, 3.63) is 60.2 Å². The van der Waals surface area contributed by atoms with Gasteiger partial charge >= 0.3 is 21.1 Å². The average Bonchev–Trinajstić information content (AvgIpc) is 2.87. The molecular weight excluding hydrogens is 379 g/mol. The van der Waals surface area contributed by atoms with Crippen molar-refractivity contribution in [2.24, 2.45) is 0 Å². The van der Waals surface area contributed by atoms with E-state index in [0.29, 0.717) is 6.42 Å². The van der Waals surface area contributed by atoms with Gasteiger partial charge in [-0.15, -0.1) is 12.1 Å². The molecule has 0 amide bonds. The van der Waals surface area contributed by atoms with Crippen LogP contribution in [-0.2, 0) is 27.5 Å². The maximum atomic E-state index is 5.36. The molecule has 0 aromatic carbocycles. The van der Waals surface area contributed by atoms with Gasteiger partial charge in [0.05, 0.1) is 0 Å². The zero-order valence-electron chi connectivity index (χ0n) is 8.54. The van der Waals surface area contributed by atoms with Crippen molar-refractivity contribution < 1.29 is 21.1 Å². The van der Waals surface area contributed by atoms with Crippen molar-refractivity contribution in [1.82, 2.24) is 9.97 Å². The first-order chi connectivity index (χ1) is 7.31. The van der Waals surface area contributed by atoms with E-state index in [2.05, 4.69) is 9.97 Å². The number of nitrogens with zero attached hydrogens (tertiary/aromatic N) is 2. The van der Waals surface area contributed by atoms with E-state index in [0.717, 1.165) is 22.8 Å². The second kappa shape index (κ2) is 5.71. The Bertz CT molecular complexity index is 435. The molecule has 2 nitrogen and oxygen atoms in total. The number of hydrogen-bond acceptors (Lipinski definition) is 0. The Morgan fingerprint density at radius 3 is 1.62 bits per heavy atom. The zero-order chi connectivity index (χ0) is 10.7. The van der Waals surface area contributed by atoms with Crippen molar-refractivity contribution in [3.8, 4) is 0 Å². The van der Waals surface area contributed by atoms with Crippen molar-refractivity contribution in [2.45, 2.75) is 6.42 Å². The molecule has 82 valence electrons. The predicted octanol–water partition coefficient (Wildman–Crippen LogP) is 2.08. The van der Waals surface area contributed by atoms with Crippen LogP contribution in [0.3, 0.4) is 0 Å². The van der Waals surface area contributed by atoms with Crippen LogP contribution >= 0.6 is 0 Å². The third-order valence-corrected chi connectivity index (χ3v) is 2.14. The van der Waals surface area contributed by atoms with Gasteiger partial charge in [-0.05, 0) is 6.42 Å². The van der Waals surface area contributed by atoms with E-state index in [1.807, 2.05) is 24.3 Å². The third kappa shape index (κ3) is 2.86. The van der Waals surface area contributed by atoms with Crippen LogP contribution < -0.4 is 9.97 Å². The summed E-state index contributed by atoms with van der Waals surface area (Å²) < 4.78 is 0. The minimum Gasteiger partial charge on any atom is -0.746 e. The van der Waals surface area contributed by atoms with Gasteiger partial charge in [-0.2, -0.15) is 23.5 Å². The van der Waals surface area contributed by atoms with E-state index in [9.17, 15) is 0 Å². The maximum absolute atomic E-state index is 5.36. The van der Waals surface area contributed by atoms with Crippen LogP contribution in [0.25, 0.3) is 12.2 Å². The van der Waals surface area contributed by atoms with Gasteiger partial charge in [-0.25, -0.2) is 0 Å². The predicted molar refractivity (Wildman–Crippen MR) is 59.9 cm³/mol. The molecule has 2 aromatic heterocycles. The van der Waals surface area contributed by atoms with Crippen LogP contribution in [0.1, 0.15) is 22.8 Å². The summed E-state index contributed by atoms with van der Waals surface area (Å²) in [7, 11) is 0. The van der Waals surface area contributed by atoms with Crippen LogP contribution in [0.2, 0.25) is 0 Å². The third-order valence-electron chi connectivity index (χ3n) is 2.14. The van der Waals surface area contributed by atoms with Crippen LogP contribution in [0, 0.1) is 13.2 Å². The standard InChI is InChI=1S/C13H10N2.Pt/c1-3-10-5-7-12(14-10)9-13-8-6-11(4-2)15-13;/h1-8H,9H2;/q-4;+4. The van der Waals surface area contributed by atoms with Crippen LogP contribution in [0.4, 0.5) is 0 Å². The smallest absolute Gasteiger partial charge is 0.746 e. The molecular formula is C13H10N2Pt. The first-order valence-electron chi connectivity index (χ1n) is 4.67. The molecule has 0 aliphatic rings. The van der Waals surface area contributed by atoms with Gasteiger partial charge < -0.3 is 21.4 Å². The molecule has 0 saturated heterocycles. The SMILES string of the molecule is [CH-]=Cc1ccc(Cc2ccc(C=[CH-])[n-]2)[n-]1.[Pt+4]. The van der Waals surface area contributed by atoms with Crippen molar-refractivity contribution >= 4 is 12.2 Å². The summed E-state index contributed by atoms with van der Waals surface area (Å²) in [5.41, 5.74) is 3.52. The monoisotopic (exact) mass is 389 g/mol. The summed E-state index contributed by atoms with van der Waals surface area (Å²) in [4.78, 5) is 8.59. The molecule has 2 aromatic rings. The Balaban J connectivity index is 0.00000128. The molecule has 0 saturated carbocycles.